The van der Waals surface area contributed by atoms with Crippen molar-refractivity contribution in [2.75, 3.05) is 0 Å². The molecule has 2 aromatic rings. The highest BCUT2D eigenvalue weighted by Crippen LogP contribution is 2.37. The van der Waals surface area contributed by atoms with Gasteiger partial charge in [-0.15, -0.1) is 0 Å². The highest BCUT2D eigenvalue weighted by atomic mass is 14.3. The smallest absolute Gasteiger partial charge is 0.0260 e. The van der Waals surface area contributed by atoms with Gasteiger partial charge in [0, 0.05) is 0 Å². The predicted molar refractivity (Wildman–Crippen MR) is 128 cm³/mol. The summed E-state index contributed by atoms with van der Waals surface area (Å²) in [4.78, 5) is 0. The maximum Gasteiger partial charge on any atom is -0.0260 e. The molecule has 0 bridgehead atoms. The van der Waals surface area contributed by atoms with Crippen molar-refractivity contribution in [3.8, 4) is 0 Å². The third-order valence-electron chi connectivity index (χ3n) is 6.32. The summed E-state index contributed by atoms with van der Waals surface area (Å²) in [6, 6.07) is 21.3. The number of benzene rings is 2. The standard InChI is InChI=1S/C29H36/c1-24(13-11-19-26-15-5-3-6-16-26)23-28-21-10-9-14-25(2)29(28)22-12-20-27-17-7-4-8-18-27/h3-12,15-20,24-25,28-29H,13-14,21-23H2,1-2H3. The van der Waals surface area contributed by atoms with E-state index in [1.165, 1.54) is 36.8 Å². The van der Waals surface area contributed by atoms with E-state index in [1.807, 2.05) is 0 Å². The van der Waals surface area contributed by atoms with Gasteiger partial charge in [-0.2, -0.15) is 0 Å². The molecule has 0 N–H and O–H groups in total. The van der Waals surface area contributed by atoms with Gasteiger partial charge >= 0.3 is 0 Å². The van der Waals surface area contributed by atoms with Crippen molar-refractivity contribution in [1.82, 2.24) is 0 Å². The fourth-order valence-corrected chi connectivity index (χ4v) is 4.63. The van der Waals surface area contributed by atoms with Gasteiger partial charge < -0.3 is 0 Å². The Morgan fingerprint density at radius 1 is 0.828 bits per heavy atom. The minimum absolute atomic E-state index is 0.722. The maximum absolute atomic E-state index is 2.45. The second-order valence-corrected chi connectivity index (χ2v) is 8.78. The Balaban J connectivity index is 1.57. The molecule has 0 saturated carbocycles. The summed E-state index contributed by atoms with van der Waals surface area (Å²) in [6.45, 7) is 4.87. The molecule has 0 aromatic heterocycles. The monoisotopic (exact) mass is 384 g/mol. The van der Waals surface area contributed by atoms with Gasteiger partial charge in [-0.3, -0.25) is 0 Å². The lowest BCUT2D eigenvalue weighted by molar-refractivity contribution is 0.215. The predicted octanol–water partition coefficient (Wildman–Crippen LogP) is 8.44. The zero-order chi connectivity index (χ0) is 20.3. The molecule has 29 heavy (non-hydrogen) atoms. The van der Waals surface area contributed by atoms with Crippen LogP contribution in [0.1, 0.15) is 57.1 Å². The van der Waals surface area contributed by atoms with Gasteiger partial charge in [0.1, 0.15) is 0 Å². The minimum atomic E-state index is 0.722. The summed E-state index contributed by atoms with van der Waals surface area (Å²) in [5.74, 6) is 3.03. The van der Waals surface area contributed by atoms with Crippen LogP contribution in [0.4, 0.5) is 0 Å². The fraction of sp³-hybridized carbons (Fsp3) is 0.379. The molecule has 0 amide bonds. The molecule has 4 unspecified atom stereocenters. The van der Waals surface area contributed by atoms with E-state index in [0.717, 1.165) is 30.1 Å². The van der Waals surface area contributed by atoms with E-state index in [-0.39, 0.29) is 0 Å². The Morgan fingerprint density at radius 2 is 1.41 bits per heavy atom. The topological polar surface area (TPSA) is 0 Å². The molecule has 0 fully saturated rings. The van der Waals surface area contributed by atoms with Crippen molar-refractivity contribution in [3.05, 3.63) is 96.1 Å². The highest BCUT2D eigenvalue weighted by Gasteiger charge is 2.27. The summed E-state index contributed by atoms with van der Waals surface area (Å²) < 4.78 is 0. The van der Waals surface area contributed by atoms with Gasteiger partial charge in [0.25, 0.3) is 0 Å². The lowest BCUT2D eigenvalue weighted by atomic mass is 9.74. The first kappa shape index (κ1) is 21.4. The molecule has 0 radical (unpaired) electrons. The Labute approximate surface area is 178 Å². The van der Waals surface area contributed by atoms with Gasteiger partial charge in [-0.25, -0.2) is 0 Å². The van der Waals surface area contributed by atoms with Crippen molar-refractivity contribution in [2.24, 2.45) is 23.7 Å². The van der Waals surface area contributed by atoms with Crippen molar-refractivity contribution in [3.63, 3.8) is 0 Å². The zero-order valence-electron chi connectivity index (χ0n) is 18.1. The summed E-state index contributed by atoms with van der Waals surface area (Å²) in [6.07, 6.45) is 20.3. The van der Waals surface area contributed by atoms with E-state index >= 15 is 0 Å². The van der Waals surface area contributed by atoms with Gasteiger partial charge in [0.2, 0.25) is 0 Å². The van der Waals surface area contributed by atoms with E-state index in [2.05, 4.69) is 111 Å². The van der Waals surface area contributed by atoms with Crippen LogP contribution in [0.2, 0.25) is 0 Å². The summed E-state index contributed by atoms with van der Waals surface area (Å²) in [5.41, 5.74) is 2.61. The molecule has 0 heterocycles. The second-order valence-electron chi connectivity index (χ2n) is 8.78. The van der Waals surface area contributed by atoms with Gasteiger partial charge in [0.15, 0.2) is 0 Å². The molecule has 0 aliphatic heterocycles. The quantitative estimate of drug-likeness (QED) is 0.400. The van der Waals surface area contributed by atoms with Crippen molar-refractivity contribution >= 4 is 12.2 Å². The average molecular weight is 385 g/mol. The van der Waals surface area contributed by atoms with Crippen LogP contribution in [-0.4, -0.2) is 0 Å². The first-order valence-corrected chi connectivity index (χ1v) is 11.3. The SMILES string of the molecule is CC(CC=Cc1ccccc1)CC1CC=CCC(C)C1CC=Cc1ccccc1. The Morgan fingerprint density at radius 3 is 2.07 bits per heavy atom. The third kappa shape index (κ3) is 7.20. The molecule has 2 aromatic carbocycles. The number of allylic oxidation sites excluding steroid dienone is 4. The molecule has 1 aliphatic carbocycles. The first-order valence-electron chi connectivity index (χ1n) is 11.3. The van der Waals surface area contributed by atoms with Crippen LogP contribution in [0.5, 0.6) is 0 Å². The van der Waals surface area contributed by atoms with E-state index in [4.69, 9.17) is 0 Å². The second kappa shape index (κ2) is 11.6. The van der Waals surface area contributed by atoms with Gasteiger partial charge in [0.05, 0.1) is 0 Å². The largest absolute Gasteiger partial charge is 0.0883 e. The summed E-state index contributed by atoms with van der Waals surface area (Å²) in [5, 5.41) is 0. The maximum atomic E-state index is 2.45. The molecule has 4 atom stereocenters. The highest BCUT2D eigenvalue weighted by molar-refractivity contribution is 5.49. The Kier molecular flexibility index (Phi) is 8.56. The lowest BCUT2D eigenvalue weighted by Gasteiger charge is -2.30. The summed E-state index contributed by atoms with van der Waals surface area (Å²) in [7, 11) is 0. The van der Waals surface area contributed by atoms with Crippen LogP contribution in [0.15, 0.2) is 85.0 Å². The number of hydrogen-bond acceptors (Lipinski definition) is 0. The van der Waals surface area contributed by atoms with E-state index in [1.54, 1.807) is 0 Å². The Bertz CT molecular complexity index is 781. The van der Waals surface area contributed by atoms with Crippen LogP contribution in [0.25, 0.3) is 12.2 Å². The Hall–Kier alpha value is -2.34. The number of hydrogen-bond donors (Lipinski definition) is 0. The van der Waals surface area contributed by atoms with Crippen molar-refractivity contribution in [1.29, 1.82) is 0 Å². The van der Waals surface area contributed by atoms with Gasteiger partial charge in [-0.1, -0.05) is 111 Å². The molecule has 0 saturated heterocycles. The normalized spacial score (nSPS) is 23.4. The molecule has 0 spiro atoms. The van der Waals surface area contributed by atoms with Crippen LogP contribution in [-0.2, 0) is 0 Å². The third-order valence-corrected chi connectivity index (χ3v) is 6.32. The zero-order valence-corrected chi connectivity index (χ0v) is 18.1. The van der Waals surface area contributed by atoms with Crippen molar-refractivity contribution in [2.45, 2.75) is 46.0 Å². The summed E-state index contributed by atoms with van der Waals surface area (Å²) >= 11 is 0. The lowest BCUT2D eigenvalue weighted by Crippen LogP contribution is -2.22. The molecule has 1 aliphatic rings. The van der Waals surface area contributed by atoms with E-state index in [0.29, 0.717) is 0 Å². The average Bonchev–Trinajstić information content (AvgIpc) is 2.91. The number of rotatable bonds is 8. The molecule has 152 valence electrons. The van der Waals surface area contributed by atoms with Crippen LogP contribution < -0.4 is 0 Å². The molecule has 0 nitrogen and oxygen atoms in total. The molecular formula is C29H36. The van der Waals surface area contributed by atoms with Crippen LogP contribution >= 0.6 is 0 Å². The first-order chi connectivity index (χ1) is 14.2. The van der Waals surface area contributed by atoms with Crippen molar-refractivity contribution < 1.29 is 0 Å². The van der Waals surface area contributed by atoms with E-state index in [9.17, 15) is 0 Å². The van der Waals surface area contributed by atoms with E-state index < -0.39 is 0 Å². The van der Waals surface area contributed by atoms with Crippen LogP contribution in [0.3, 0.4) is 0 Å². The molecule has 3 rings (SSSR count). The molecule has 0 heteroatoms. The minimum Gasteiger partial charge on any atom is -0.0883 e. The van der Waals surface area contributed by atoms with Crippen LogP contribution in [0, 0.1) is 23.7 Å². The molecular weight excluding hydrogens is 348 g/mol. The van der Waals surface area contributed by atoms with Gasteiger partial charge in [-0.05, 0) is 66.9 Å². The fourth-order valence-electron chi connectivity index (χ4n) is 4.63.